The first-order valence-electron chi connectivity index (χ1n) is 10.3. The molecule has 0 bridgehead atoms. The van der Waals surface area contributed by atoms with Crippen molar-refractivity contribution in [1.29, 1.82) is 0 Å². The third-order valence-electron chi connectivity index (χ3n) is 6.73. The monoisotopic (exact) mass is 410 g/mol. The van der Waals surface area contributed by atoms with Gasteiger partial charge in [0.05, 0.1) is 11.6 Å². The predicted octanol–water partition coefficient (Wildman–Crippen LogP) is 3.16. The molecule has 6 nitrogen and oxygen atoms in total. The second kappa shape index (κ2) is 7.47. The number of piperidine rings is 1. The van der Waals surface area contributed by atoms with E-state index in [1.165, 1.54) is 12.1 Å². The Bertz CT molecular complexity index is 937. The summed E-state index contributed by atoms with van der Waals surface area (Å²) in [4.78, 5) is 32.0. The van der Waals surface area contributed by atoms with Gasteiger partial charge in [0, 0.05) is 36.3 Å². The van der Waals surface area contributed by atoms with E-state index in [-0.39, 0.29) is 29.6 Å². The number of carbonyl (C=O) groups is 2. The van der Waals surface area contributed by atoms with Gasteiger partial charge < -0.3 is 16.0 Å². The van der Waals surface area contributed by atoms with Crippen LogP contribution in [0.15, 0.2) is 48.7 Å². The van der Waals surface area contributed by atoms with Crippen LogP contribution >= 0.6 is 0 Å². The molecule has 1 aliphatic heterocycles. The van der Waals surface area contributed by atoms with Crippen molar-refractivity contribution in [3.8, 4) is 0 Å². The number of pyridine rings is 1. The fourth-order valence-electron chi connectivity index (χ4n) is 5.17. The van der Waals surface area contributed by atoms with E-state index in [0.717, 1.165) is 11.3 Å². The van der Waals surface area contributed by atoms with Crippen LogP contribution in [0, 0.1) is 11.2 Å². The fraction of sp³-hybridized carbons (Fsp3) is 0.435. The molecule has 2 heterocycles. The van der Waals surface area contributed by atoms with Crippen molar-refractivity contribution in [3.63, 3.8) is 0 Å². The molecule has 1 aliphatic carbocycles. The van der Waals surface area contributed by atoms with Crippen molar-refractivity contribution in [3.05, 3.63) is 65.7 Å². The van der Waals surface area contributed by atoms with Gasteiger partial charge in [0.25, 0.3) is 0 Å². The zero-order valence-electron chi connectivity index (χ0n) is 17.3. The van der Waals surface area contributed by atoms with Crippen molar-refractivity contribution >= 4 is 11.8 Å². The fourth-order valence-corrected chi connectivity index (χ4v) is 5.17. The summed E-state index contributed by atoms with van der Waals surface area (Å²) >= 11 is 0. The summed E-state index contributed by atoms with van der Waals surface area (Å²) in [6, 6.07) is 11.3. The van der Waals surface area contributed by atoms with Gasteiger partial charge in [-0.2, -0.15) is 0 Å². The van der Waals surface area contributed by atoms with Gasteiger partial charge in [0.2, 0.25) is 0 Å². The number of hydrogen-bond donors (Lipinski definition) is 2. The van der Waals surface area contributed by atoms with Gasteiger partial charge in [-0.15, -0.1) is 0 Å². The zero-order chi connectivity index (χ0) is 21.5. The molecule has 0 radical (unpaired) electrons. The number of amides is 2. The second-order valence-corrected chi connectivity index (χ2v) is 8.67. The molecule has 4 rings (SSSR count). The lowest BCUT2D eigenvalue weighted by molar-refractivity contribution is -0.157. The number of carbonyl (C=O) groups excluding carboxylic acids is 2. The summed E-state index contributed by atoms with van der Waals surface area (Å²) in [6.45, 7) is 4.60. The number of likely N-dealkylation sites (tertiary alicyclic amines) is 1. The Morgan fingerprint density at radius 3 is 2.50 bits per heavy atom. The van der Waals surface area contributed by atoms with Gasteiger partial charge in [-0.3, -0.25) is 9.78 Å². The van der Waals surface area contributed by atoms with Gasteiger partial charge in [0.15, 0.2) is 5.78 Å². The molecule has 1 spiro atoms. The molecule has 2 amide bonds. The molecular weight excluding hydrogens is 383 g/mol. The summed E-state index contributed by atoms with van der Waals surface area (Å²) < 4.78 is 13.1. The number of nitrogens with two attached hydrogens (primary N) is 1. The normalized spacial score (nSPS) is 26.2. The highest BCUT2D eigenvalue weighted by atomic mass is 19.1. The highest BCUT2D eigenvalue weighted by Gasteiger charge is 2.68. The minimum absolute atomic E-state index is 0.0605. The Labute approximate surface area is 175 Å². The van der Waals surface area contributed by atoms with E-state index in [4.69, 9.17) is 5.73 Å². The largest absolute Gasteiger partial charge is 0.331 e. The van der Waals surface area contributed by atoms with Gasteiger partial charge in [-0.05, 0) is 56.5 Å². The minimum Gasteiger partial charge on any atom is -0.331 e. The van der Waals surface area contributed by atoms with Crippen LogP contribution < -0.4 is 11.1 Å². The van der Waals surface area contributed by atoms with E-state index >= 15 is 0 Å². The second-order valence-electron chi connectivity index (χ2n) is 8.67. The molecule has 2 aliphatic rings. The molecular formula is C23H27FN4O2. The lowest BCUT2D eigenvalue weighted by atomic mass is 9.45. The average molecular weight is 410 g/mol. The number of Topliss-reactive ketones (excluding diaryl/α,β-unsaturated/α-hetero) is 1. The van der Waals surface area contributed by atoms with E-state index in [1.54, 1.807) is 30.2 Å². The SMILES string of the molecule is C[C@@H](NC(=O)N1CCC2(CC1)C(=O)C(C)(N)C2c1ccccn1)c1ccc(F)cc1. The molecule has 2 fully saturated rings. The van der Waals surface area contributed by atoms with Crippen molar-refractivity contribution < 1.29 is 14.0 Å². The van der Waals surface area contributed by atoms with Crippen LogP contribution in [0.4, 0.5) is 9.18 Å². The third-order valence-corrected chi connectivity index (χ3v) is 6.73. The van der Waals surface area contributed by atoms with E-state index in [9.17, 15) is 14.0 Å². The van der Waals surface area contributed by atoms with E-state index in [0.29, 0.717) is 25.9 Å². The highest BCUT2D eigenvalue weighted by molar-refractivity contribution is 6.02. The standard InChI is InChI=1S/C23H27FN4O2/c1-15(16-6-8-17(24)9-7-16)27-21(30)28-13-10-23(11-14-28)19(22(2,25)20(23)29)18-5-3-4-12-26-18/h3-9,12,15,19H,10-11,13-14,25H2,1-2H3,(H,27,30)/t15-,19?,22?/m1/s1. The van der Waals surface area contributed by atoms with Crippen LogP contribution in [0.3, 0.4) is 0 Å². The molecule has 7 heteroatoms. The summed E-state index contributed by atoms with van der Waals surface area (Å²) in [5.74, 6) is -0.398. The summed E-state index contributed by atoms with van der Waals surface area (Å²) in [6.07, 6.45) is 2.86. The van der Waals surface area contributed by atoms with Crippen molar-refractivity contribution in [1.82, 2.24) is 15.2 Å². The third kappa shape index (κ3) is 3.27. The molecule has 3 atom stereocenters. The van der Waals surface area contributed by atoms with Gasteiger partial charge in [0.1, 0.15) is 5.82 Å². The summed E-state index contributed by atoms with van der Waals surface area (Å²) in [5, 5.41) is 2.96. The quantitative estimate of drug-likeness (QED) is 0.814. The van der Waals surface area contributed by atoms with Crippen molar-refractivity contribution in [2.45, 2.75) is 44.2 Å². The number of ketones is 1. The minimum atomic E-state index is -0.935. The zero-order valence-corrected chi connectivity index (χ0v) is 17.3. The Kier molecular flexibility index (Phi) is 5.10. The summed E-state index contributed by atoms with van der Waals surface area (Å²) in [5.41, 5.74) is 6.55. The Balaban J connectivity index is 1.43. The van der Waals surface area contributed by atoms with Crippen LogP contribution in [0.1, 0.15) is 49.9 Å². The molecule has 2 aromatic rings. The summed E-state index contributed by atoms with van der Waals surface area (Å²) in [7, 11) is 0. The lowest BCUT2D eigenvalue weighted by Crippen LogP contribution is -2.74. The van der Waals surface area contributed by atoms with E-state index in [1.807, 2.05) is 25.1 Å². The molecule has 2 unspecified atom stereocenters. The molecule has 1 aromatic heterocycles. The maximum atomic E-state index is 13.1. The molecule has 1 saturated carbocycles. The van der Waals surface area contributed by atoms with Crippen molar-refractivity contribution in [2.75, 3.05) is 13.1 Å². The number of benzene rings is 1. The first-order chi connectivity index (χ1) is 14.3. The van der Waals surface area contributed by atoms with Crippen LogP contribution in [-0.4, -0.2) is 40.3 Å². The van der Waals surface area contributed by atoms with Gasteiger partial charge in [-0.1, -0.05) is 18.2 Å². The van der Waals surface area contributed by atoms with Gasteiger partial charge >= 0.3 is 6.03 Å². The smallest absolute Gasteiger partial charge is 0.317 e. The number of nitrogens with zero attached hydrogens (tertiary/aromatic N) is 2. The highest BCUT2D eigenvalue weighted by Crippen LogP contribution is 2.59. The number of rotatable bonds is 3. The Morgan fingerprint density at radius 2 is 1.90 bits per heavy atom. The molecule has 1 saturated heterocycles. The van der Waals surface area contributed by atoms with E-state index in [2.05, 4.69) is 10.3 Å². The Morgan fingerprint density at radius 1 is 1.23 bits per heavy atom. The lowest BCUT2D eigenvalue weighted by Gasteiger charge is -2.60. The molecule has 3 N–H and O–H groups in total. The first kappa shape index (κ1) is 20.5. The number of halogens is 1. The van der Waals surface area contributed by atoms with Crippen LogP contribution in [0.5, 0.6) is 0 Å². The van der Waals surface area contributed by atoms with Gasteiger partial charge in [-0.25, -0.2) is 9.18 Å². The number of aromatic nitrogens is 1. The van der Waals surface area contributed by atoms with Crippen LogP contribution in [-0.2, 0) is 4.79 Å². The maximum absolute atomic E-state index is 13.1. The molecule has 30 heavy (non-hydrogen) atoms. The van der Waals surface area contributed by atoms with Crippen LogP contribution in [0.25, 0.3) is 0 Å². The molecule has 1 aromatic carbocycles. The predicted molar refractivity (Wildman–Crippen MR) is 111 cm³/mol. The number of nitrogens with one attached hydrogen (secondary N) is 1. The molecule has 158 valence electrons. The van der Waals surface area contributed by atoms with Crippen molar-refractivity contribution in [2.24, 2.45) is 11.1 Å². The first-order valence-corrected chi connectivity index (χ1v) is 10.3. The van der Waals surface area contributed by atoms with Crippen LogP contribution in [0.2, 0.25) is 0 Å². The maximum Gasteiger partial charge on any atom is 0.317 e. The average Bonchev–Trinajstić information content (AvgIpc) is 2.74. The number of hydrogen-bond acceptors (Lipinski definition) is 4. The van der Waals surface area contributed by atoms with E-state index < -0.39 is 11.0 Å². The Hall–Kier alpha value is -2.80. The topological polar surface area (TPSA) is 88.3 Å². The number of urea groups is 1.